The lowest BCUT2D eigenvalue weighted by Crippen LogP contribution is -2.02. The first kappa shape index (κ1) is 13.0. The highest BCUT2D eigenvalue weighted by molar-refractivity contribution is 5.44. The summed E-state index contributed by atoms with van der Waals surface area (Å²) in [5, 5.41) is 0. The van der Waals surface area contributed by atoms with Crippen LogP contribution < -0.4 is 9.47 Å². The fraction of sp³-hybridized carbons (Fsp3) is 0.500. The topological polar surface area (TPSA) is 18.5 Å². The SMILES string of the molecule is C=C1COc2ccc(CC(CC)CC)cc2OC1. The van der Waals surface area contributed by atoms with E-state index in [2.05, 4.69) is 32.6 Å². The van der Waals surface area contributed by atoms with Gasteiger partial charge in [0, 0.05) is 0 Å². The summed E-state index contributed by atoms with van der Waals surface area (Å²) in [7, 11) is 0. The van der Waals surface area contributed by atoms with Gasteiger partial charge in [-0.05, 0) is 35.6 Å². The third-order valence-electron chi connectivity index (χ3n) is 3.55. The predicted molar refractivity (Wildman–Crippen MR) is 74.3 cm³/mol. The summed E-state index contributed by atoms with van der Waals surface area (Å²) in [6, 6.07) is 6.28. The van der Waals surface area contributed by atoms with Crippen LogP contribution in [0, 0.1) is 5.92 Å². The second-order valence-electron chi connectivity index (χ2n) is 5.00. The largest absolute Gasteiger partial charge is 0.485 e. The molecule has 2 rings (SSSR count). The highest BCUT2D eigenvalue weighted by Crippen LogP contribution is 2.32. The summed E-state index contributed by atoms with van der Waals surface area (Å²) >= 11 is 0. The maximum absolute atomic E-state index is 5.73. The highest BCUT2D eigenvalue weighted by atomic mass is 16.5. The van der Waals surface area contributed by atoms with Crippen molar-refractivity contribution < 1.29 is 9.47 Å². The first-order valence-corrected chi connectivity index (χ1v) is 6.78. The number of hydrogen-bond donors (Lipinski definition) is 0. The maximum atomic E-state index is 5.73. The van der Waals surface area contributed by atoms with E-state index in [1.165, 1.54) is 18.4 Å². The van der Waals surface area contributed by atoms with Gasteiger partial charge in [0.15, 0.2) is 11.5 Å². The second kappa shape index (κ2) is 5.94. The molecule has 1 aliphatic rings. The molecule has 0 radical (unpaired) electrons. The van der Waals surface area contributed by atoms with Crippen molar-refractivity contribution in [1.29, 1.82) is 0 Å². The fourth-order valence-electron chi connectivity index (χ4n) is 2.22. The van der Waals surface area contributed by atoms with Gasteiger partial charge in [-0.25, -0.2) is 0 Å². The Morgan fingerprint density at radius 2 is 1.78 bits per heavy atom. The number of ether oxygens (including phenoxy) is 2. The van der Waals surface area contributed by atoms with Crippen LogP contribution in [0.2, 0.25) is 0 Å². The van der Waals surface area contributed by atoms with Crippen LogP contribution in [-0.4, -0.2) is 13.2 Å². The highest BCUT2D eigenvalue weighted by Gasteiger charge is 2.13. The molecular weight excluding hydrogens is 224 g/mol. The van der Waals surface area contributed by atoms with Gasteiger partial charge in [-0.2, -0.15) is 0 Å². The Morgan fingerprint density at radius 1 is 1.11 bits per heavy atom. The second-order valence-corrected chi connectivity index (χ2v) is 5.00. The zero-order valence-electron chi connectivity index (χ0n) is 11.4. The van der Waals surface area contributed by atoms with Crippen molar-refractivity contribution in [3.63, 3.8) is 0 Å². The van der Waals surface area contributed by atoms with Crippen molar-refractivity contribution in [2.24, 2.45) is 5.92 Å². The van der Waals surface area contributed by atoms with Crippen LogP contribution in [0.5, 0.6) is 11.5 Å². The van der Waals surface area contributed by atoms with E-state index < -0.39 is 0 Å². The third-order valence-corrected chi connectivity index (χ3v) is 3.55. The van der Waals surface area contributed by atoms with E-state index in [1.807, 2.05) is 6.07 Å². The normalized spacial score (nSPS) is 14.7. The van der Waals surface area contributed by atoms with Gasteiger partial charge in [0.2, 0.25) is 0 Å². The molecule has 18 heavy (non-hydrogen) atoms. The van der Waals surface area contributed by atoms with Crippen molar-refractivity contribution in [2.45, 2.75) is 33.1 Å². The van der Waals surface area contributed by atoms with Gasteiger partial charge in [-0.15, -0.1) is 0 Å². The van der Waals surface area contributed by atoms with Crippen molar-refractivity contribution >= 4 is 0 Å². The minimum absolute atomic E-state index is 0.554. The lowest BCUT2D eigenvalue weighted by molar-refractivity contribution is 0.354. The van der Waals surface area contributed by atoms with Crippen LogP contribution in [0.4, 0.5) is 0 Å². The number of rotatable bonds is 4. The average molecular weight is 246 g/mol. The Bertz CT molecular complexity index is 419. The molecule has 0 aliphatic carbocycles. The molecule has 1 aromatic carbocycles. The molecular formula is C16H22O2. The molecule has 98 valence electrons. The van der Waals surface area contributed by atoms with Gasteiger partial charge in [0.1, 0.15) is 13.2 Å². The molecule has 1 aliphatic heterocycles. The Kier molecular flexibility index (Phi) is 4.29. The summed E-state index contributed by atoms with van der Waals surface area (Å²) in [5.41, 5.74) is 2.31. The smallest absolute Gasteiger partial charge is 0.161 e. The summed E-state index contributed by atoms with van der Waals surface area (Å²) in [6.45, 7) is 9.52. The summed E-state index contributed by atoms with van der Waals surface area (Å²) in [6.07, 6.45) is 3.56. The van der Waals surface area contributed by atoms with Crippen molar-refractivity contribution in [2.75, 3.05) is 13.2 Å². The Balaban J connectivity index is 2.14. The molecule has 0 unspecified atom stereocenters. The molecule has 0 fully saturated rings. The third kappa shape index (κ3) is 3.06. The molecule has 0 aromatic heterocycles. The summed E-state index contributed by atoms with van der Waals surface area (Å²) < 4.78 is 11.4. The first-order valence-electron chi connectivity index (χ1n) is 6.78. The summed E-state index contributed by atoms with van der Waals surface area (Å²) in [5.74, 6) is 2.45. The quantitative estimate of drug-likeness (QED) is 0.748. The minimum Gasteiger partial charge on any atom is -0.485 e. The van der Waals surface area contributed by atoms with E-state index in [1.54, 1.807) is 0 Å². The van der Waals surface area contributed by atoms with Gasteiger partial charge in [-0.1, -0.05) is 39.3 Å². The van der Waals surface area contributed by atoms with E-state index >= 15 is 0 Å². The molecule has 0 N–H and O–H groups in total. The molecule has 0 atom stereocenters. The molecule has 0 saturated carbocycles. The van der Waals surface area contributed by atoms with E-state index in [0.29, 0.717) is 13.2 Å². The number of benzene rings is 1. The van der Waals surface area contributed by atoms with Crippen LogP contribution >= 0.6 is 0 Å². The van der Waals surface area contributed by atoms with Gasteiger partial charge in [0.05, 0.1) is 0 Å². The maximum Gasteiger partial charge on any atom is 0.161 e. The number of fused-ring (bicyclic) bond motifs is 1. The van der Waals surface area contributed by atoms with Crippen LogP contribution in [-0.2, 0) is 6.42 Å². The molecule has 1 aromatic rings. The van der Waals surface area contributed by atoms with E-state index in [4.69, 9.17) is 9.47 Å². The lowest BCUT2D eigenvalue weighted by Gasteiger charge is -2.14. The standard InChI is InChI=1S/C16H22O2/c1-4-13(5-2)8-14-6-7-15-16(9-14)18-11-12(3)10-17-15/h6-7,9,13H,3-5,8,10-11H2,1-2H3. The number of hydrogen-bond acceptors (Lipinski definition) is 2. The Morgan fingerprint density at radius 3 is 2.44 bits per heavy atom. The minimum atomic E-state index is 0.554. The molecule has 0 saturated heterocycles. The van der Waals surface area contributed by atoms with Gasteiger partial charge in [0.25, 0.3) is 0 Å². The van der Waals surface area contributed by atoms with Crippen LogP contribution in [0.25, 0.3) is 0 Å². The van der Waals surface area contributed by atoms with Gasteiger partial charge < -0.3 is 9.47 Å². The fourth-order valence-corrected chi connectivity index (χ4v) is 2.22. The van der Waals surface area contributed by atoms with Gasteiger partial charge in [-0.3, -0.25) is 0 Å². The average Bonchev–Trinajstić information content (AvgIpc) is 2.58. The van der Waals surface area contributed by atoms with E-state index in [0.717, 1.165) is 29.4 Å². The zero-order valence-corrected chi connectivity index (χ0v) is 11.4. The lowest BCUT2D eigenvalue weighted by atomic mass is 9.94. The first-order chi connectivity index (χ1) is 8.72. The van der Waals surface area contributed by atoms with E-state index in [-0.39, 0.29) is 0 Å². The van der Waals surface area contributed by atoms with Crippen molar-refractivity contribution in [3.8, 4) is 11.5 Å². The monoisotopic (exact) mass is 246 g/mol. The molecule has 0 spiro atoms. The van der Waals surface area contributed by atoms with E-state index in [9.17, 15) is 0 Å². The molecule has 2 nitrogen and oxygen atoms in total. The summed E-state index contributed by atoms with van der Waals surface area (Å²) in [4.78, 5) is 0. The van der Waals surface area contributed by atoms with Crippen molar-refractivity contribution in [1.82, 2.24) is 0 Å². The van der Waals surface area contributed by atoms with Crippen LogP contribution in [0.1, 0.15) is 32.3 Å². The van der Waals surface area contributed by atoms with Gasteiger partial charge >= 0.3 is 0 Å². The zero-order chi connectivity index (χ0) is 13.0. The Hall–Kier alpha value is -1.44. The van der Waals surface area contributed by atoms with Crippen molar-refractivity contribution in [3.05, 3.63) is 35.9 Å². The molecule has 0 bridgehead atoms. The molecule has 0 amide bonds. The predicted octanol–water partition coefficient (Wildman–Crippen LogP) is 3.99. The molecule has 2 heteroatoms. The van der Waals surface area contributed by atoms with Crippen LogP contribution in [0.3, 0.4) is 0 Å². The molecule has 1 heterocycles. The van der Waals surface area contributed by atoms with Crippen LogP contribution in [0.15, 0.2) is 30.4 Å². The Labute approximate surface area is 110 Å².